The lowest BCUT2D eigenvalue weighted by molar-refractivity contribution is -0.145. The van der Waals surface area contributed by atoms with E-state index in [1.165, 1.54) is 0 Å². The summed E-state index contributed by atoms with van der Waals surface area (Å²) in [6.45, 7) is 5.64. The number of hydrogen-bond donors (Lipinski definition) is 3. The predicted molar refractivity (Wildman–Crippen MR) is 59.7 cm³/mol. The minimum atomic E-state index is -1.01. The minimum Gasteiger partial charge on any atom is -0.480 e. The minimum absolute atomic E-state index is 0.225. The summed E-state index contributed by atoms with van der Waals surface area (Å²) in [6.07, 6.45) is 1.51. The van der Waals surface area contributed by atoms with Gasteiger partial charge in [0.2, 0.25) is 5.91 Å². The summed E-state index contributed by atoms with van der Waals surface area (Å²) in [5.41, 5.74) is 4.51. The van der Waals surface area contributed by atoms with E-state index in [-0.39, 0.29) is 12.5 Å². The monoisotopic (exact) mass is 228 g/mol. The van der Waals surface area contributed by atoms with Crippen LogP contribution in [0.3, 0.4) is 0 Å². The summed E-state index contributed by atoms with van der Waals surface area (Å²) in [7, 11) is 0. The molecule has 0 aliphatic heterocycles. The average molecular weight is 228 g/mol. The van der Waals surface area contributed by atoms with Gasteiger partial charge in [-0.1, -0.05) is 20.8 Å². The third kappa shape index (κ3) is 2.52. The number of hydrogen-bond acceptors (Lipinski definition) is 3. The number of nitrogens with two attached hydrogens (primary N) is 1. The van der Waals surface area contributed by atoms with Crippen LogP contribution < -0.4 is 11.1 Å². The van der Waals surface area contributed by atoms with Crippen molar-refractivity contribution in [3.63, 3.8) is 0 Å². The molecule has 16 heavy (non-hydrogen) atoms. The zero-order chi connectivity index (χ0) is 12.6. The van der Waals surface area contributed by atoms with Crippen LogP contribution in [0.1, 0.15) is 33.6 Å². The molecule has 1 aliphatic rings. The molecule has 5 nitrogen and oxygen atoms in total. The number of carboxylic acid groups (broad SMARTS) is 1. The summed E-state index contributed by atoms with van der Waals surface area (Å²) in [6, 6.07) is -0.871. The van der Waals surface area contributed by atoms with Crippen LogP contribution in [-0.4, -0.2) is 29.6 Å². The Morgan fingerprint density at radius 1 is 1.44 bits per heavy atom. The number of nitrogens with one attached hydrogen (secondary N) is 1. The van der Waals surface area contributed by atoms with Gasteiger partial charge >= 0.3 is 5.97 Å². The molecule has 4 N–H and O–H groups in total. The van der Waals surface area contributed by atoms with E-state index in [0.29, 0.717) is 0 Å². The van der Waals surface area contributed by atoms with Crippen molar-refractivity contribution in [1.29, 1.82) is 0 Å². The molecule has 0 aromatic carbocycles. The van der Waals surface area contributed by atoms with E-state index in [2.05, 4.69) is 5.32 Å². The van der Waals surface area contributed by atoms with Crippen molar-refractivity contribution < 1.29 is 14.7 Å². The van der Waals surface area contributed by atoms with E-state index >= 15 is 0 Å². The van der Waals surface area contributed by atoms with Crippen LogP contribution >= 0.6 is 0 Å². The first-order valence-electron chi connectivity index (χ1n) is 5.47. The molecule has 0 aromatic rings. The number of aliphatic carboxylic acids is 1. The second-order valence-corrected chi connectivity index (χ2v) is 5.60. The third-order valence-electron chi connectivity index (χ3n) is 3.11. The number of carbonyl (C=O) groups excluding carboxylic acids is 1. The van der Waals surface area contributed by atoms with Crippen LogP contribution in [0.25, 0.3) is 0 Å². The fourth-order valence-corrected chi connectivity index (χ4v) is 1.61. The Morgan fingerprint density at radius 2 is 1.94 bits per heavy atom. The van der Waals surface area contributed by atoms with Crippen molar-refractivity contribution in [3.8, 4) is 0 Å². The van der Waals surface area contributed by atoms with Crippen molar-refractivity contribution in [2.75, 3.05) is 6.54 Å². The van der Waals surface area contributed by atoms with Crippen LogP contribution in [-0.2, 0) is 9.59 Å². The molecule has 1 saturated carbocycles. The Balaban J connectivity index is 2.70. The van der Waals surface area contributed by atoms with Gasteiger partial charge in [-0.25, -0.2) is 4.79 Å². The molecule has 0 unspecified atom stereocenters. The molecule has 1 atom stereocenters. The van der Waals surface area contributed by atoms with Gasteiger partial charge in [-0.15, -0.1) is 0 Å². The summed E-state index contributed by atoms with van der Waals surface area (Å²) >= 11 is 0. The fraction of sp³-hybridized carbons (Fsp3) is 0.818. The van der Waals surface area contributed by atoms with Crippen molar-refractivity contribution in [2.45, 2.75) is 39.7 Å². The van der Waals surface area contributed by atoms with Gasteiger partial charge in [-0.3, -0.25) is 4.79 Å². The first kappa shape index (κ1) is 13.0. The molecule has 0 radical (unpaired) electrons. The summed E-state index contributed by atoms with van der Waals surface area (Å²) in [5, 5.41) is 11.7. The van der Waals surface area contributed by atoms with E-state index in [9.17, 15) is 9.59 Å². The molecule has 0 spiro atoms. The van der Waals surface area contributed by atoms with Crippen molar-refractivity contribution in [3.05, 3.63) is 0 Å². The highest BCUT2D eigenvalue weighted by atomic mass is 16.4. The molecule has 0 heterocycles. The second kappa shape index (κ2) is 4.05. The fourth-order valence-electron chi connectivity index (χ4n) is 1.61. The summed E-state index contributed by atoms with van der Waals surface area (Å²) < 4.78 is 0. The molecular weight excluding hydrogens is 208 g/mol. The van der Waals surface area contributed by atoms with Crippen LogP contribution in [0.4, 0.5) is 0 Å². The molecule has 1 amide bonds. The Hall–Kier alpha value is -1.10. The standard InChI is InChI=1S/C11H20N2O3/c1-10(2,3)7(8(14)15)13-9(16)11(6-12)4-5-11/h7H,4-6,12H2,1-3H3,(H,13,16)(H,14,15)/t7-/m1/s1. The first-order chi connectivity index (χ1) is 7.23. The first-order valence-corrected chi connectivity index (χ1v) is 5.47. The molecule has 1 fully saturated rings. The third-order valence-corrected chi connectivity index (χ3v) is 3.11. The zero-order valence-electron chi connectivity index (χ0n) is 10.0. The van der Waals surface area contributed by atoms with E-state index in [0.717, 1.165) is 12.8 Å². The Bertz CT molecular complexity index is 303. The highest BCUT2D eigenvalue weighted by Gasteiger charge is 2.50. The zero-order valence-corrected chi connectivity index (χ0v) is 10.0. The van der Waals surface area contributed by atoms with E-state index in [1.807, 2.05) is 0 Å². The van der Waals surface area contributed by atoms with Gasteiger partial charge in [0, 0.05) is 6.54 Å². The summed E-state index contributed by atoms with van der Waals surface area (Å²) in [4.78, 5) is 22.9. The molecule has 1 rings (SSSR count). The number of carbonyl (C=O) groups is 2. The maximum absolute atomic E-state index is 11.9. The smallest absolute Gasteiger partial charge is 0.326 e. The largest absolute Gasteiger partial charge is 0.480 e. The lowest BCUT2D eigenvalue weighted by atomic mass is 9.86. The molecular formula is C11H20N2O3. The Morgan fingerprint density at radius 3 is 2.19 bits per heavy atom. The van der Waals surface area contributed by atoms with Crippen molar-refractivity contribution >= 4 is 11.9 Å². The van der Waals surface area contributed by atoms with Gasteiger partial charge in [-0.05, 0) is 18.3 Å². The predicted octanol–water partition coefficient (Wildman–Crippen LogP) is 0.341. The van der Waals surface area contributed by atoms with Gasteiger partial charge in [0.25, 0.3) is 0 Å². The number of amides is 1. The van der Waals surface area contributed by atoms with Crippen LogP contribution in [0.15, 0.2) is 0 Å². The normalized spacial score (nSPS) is 20.0. The second-order valence-electron chi connectivity index (χ2n) is 5.60. The SMILES string of the molecule is CC(C)(C)[C@H](NC(=O)C1(CN)CC1)C(=O)O. The molecule has 1 aliphatic carbocycles. The maximum Gasteiger partial charge on any atom is 0.326 e. The average Bonchev–Trinajstić information content (AvgIpc) is 2.91. The van der Waals surface area contributed by atoms with Gasteiger partial charge in [0.15, 0.2) is 0 Å². The molecule has 92 valence electrons. The lowest BCUT2D eigenvalue weighted by Gasteiger charge is -2.29. The Kier molecular flexibility index (Phi) is 3.28. The summed E-state index contributed by atoms with van der Waals surface area (Å²) in [5.74, 6) is -1.23. The van der Waals surface area contributed by atoms with Crippen LogP contribution in [0, 0.1) is 10.8 Å². The molecule has 0 bridgehead atoms. The number of carboxylic acids is 1. The van der Waals surface area contributed by atoms with Gasteiger partial charge in [0.1, 0.15) is 6.04 Å². The van der Waals surface area contributed by atoms with E-state index in [4.69, 9.17) is 10.8 Å². The van der Waals surface area contributed by atoms with Gasteiger partial charge in [-0.2, -0.15) is 0 Å². The van der Waals surface area contributed by atoms with E-state index in [1.54, 1.807) is 20.8 Å². The highest BCUT2D eigenvalue weighted by Crippen LogP contribution is 2.45. The van der Waals surface area contributed by atoms with Gasteiger partial charge < -0.3 is 16.2 Å². The molecule has 0 saturated heterocycles. The lowest BCUT2D eigenvalue weighted by Crippen LogP contribution is -2.52. The quantitative estimate of drug-likeness (QED) is 0.647. The van der Waals surface area contributed by atoms with Crippen molar-refractivity contribution in [2.24, 2.45) is 16.6 Å². The highest BCUT2D eigenvalue weighted by molar-refractivity contribution is 5.89. The molecule has 5 heteroatoms. The Labute approximate surface area is 95.4 Å². The van der Waals surface area contributed by atoms with Crippen molar-refractivity contribution in [1.82, 2.24) is 5.32 Å². The van der Waals surface area contributed by atoms with E-state index < -0.39 is 22.8 Å². The topological polar surface area (TPSA) is 92.4 Å². The number of rotatable bonds is 4. The van der Waals surface area contributed by atoms with Gasteiger partial charge in [0.05, 0.1) is 5.41 Å². The van der Waals surface area contributed by atoms with Crippen LogP contribution in [0.2, 0.25) is 0 Å². The van der Waals surface area contributed by atoms with Crippen LogP contribution in [0.5, 0.6) is 0 Å². The maximum atomic E-state index is 11.9. The molecule has 0 aromatic heterocycles.